The predicted octanol–water partition coefficient (Wildman–Crippen LogP) is 5.11. The zero-order valence-electron chi connectivity index (χ0n) is 14.2. The van der Waals surface area contributed by atoms with E-state index in [1.165, 1.54) is 54.6 Å². The maximum Gasteiger partial charge on any atom is 0.316 e. The number of benzene rings is 3. The number of carbonyl (C=O) groups is 1. The molecule has 3 aromatic carbocycles. The molecule has 0 saturated carbocycles. The van der Waals surface area contributed by atoms with Gasteiger partial charge in [0, 0.05) is 10.7 Å². The summed E-state index contributed by atoms with van der Waals surface area (Å²) >= 11 is 11.9. The van der Waals surface area contributed by atoms with Crippen molar-refractivity contribution in [3.8, 4) is 11.5 Å². The smallest absolute Gasteiger partial charge is 0.316 e. The number of nitrogens with one attached hydrogen (secondary N) is 1. The molecule has 0 aliphatic heterocycles. The molecule has 0 unspecified atom stereocenters. The molecule has 6 nitrogen and oxygen atoms in total. The molecule has 3 N–H and O–H groups in total. The van der Waals surface area contributed by atoms with Crippen molar-refractivity contribution < 1.29 is 17.9 Å². The van der Waals surface area contributed by atoms with Crippen molar-refractivity contribution >= 4 is 44.8 Å². The Morgan fingerprint density at radius 2 is 1.46 bits per heavy atom. The maximum atomic E-state index is 12.6. The van der Waals surface area contributed by atoms with Gasteiger partial charge in [-0.1, -0.05) is 23.2 Å². The average Bonchev–Trinajstić information content (AvgIpc) is 2.64. The van der Waals surface area contributed by atoms with E-state index >= 15 is 0 Å². The number of ether oxygens (including phenoxy) is 1. The number of anilines is 1. The third-order valence-electron chi connectivity index (χ3n) is 3.69. The van der Waals surface area contributed by atoms with Crippen LogP contribution in [0.3, 0.4) is 0 Å². The summed E-state index contributed by atoms with van der Waals surface area (Å²) < 4.78 is 31.0. The van der Waals surface area contributed by atoms with Gasteiger partial charge in [0.15, 0.2) is 0 Å². The van der Waals surface area contributed by atoms with E-state index < -0.39 is 15.9 Å². The molecule has 0 radical (unpaired) electrons. The molecule has 0 fully saturated rings. The Kier molecular flexibility index (Phi) is 5.79. The minimum Gasteiger partial charge on any atom is -0.456 e. The van der Waals surface area contributed by atoms with E-state index in [9.17, 15) is 13.2 Å². The van der Waals surface area contributed by atoms with Crippen LogP contribution < -0.4 is 15.8 Å². The molecule has 0 spiro atoms. The second-order valence-corrected chi connectivity index (χ2v) is 8.46. The first-order valence-electron chi connectivity index (χ1n) is 7.90. The van der Waals surface area contributed by atoms with Crippen LogP contribution in [-0.2, 0) is 9.84 Å². The molecule has 0 aromatic heterocycles. The fourth-order valence-electron chi connectivity index (χ4n) is 2.37. The maximum absolute atomic E-state index is 12.6. The normalized spacial score (nSPS) is 11.1. The third kappa shape index (κ3) is 4.56. The highest BCUT2D eigenvalue weighted by Gasteiger charge is 2.17. The second-order valence-electron chi connectivity index (χ2n) is 5.67. The van der Waals surface area contributed by atoms with Crippen LogP contribution in [-0.4, -0.2) is 14.4 Å². The molecular formula is C19H14Cl2N2O4S. The Morgan fingerprint density at radius 3 is 2.00 bits per heavy atom. The van der Waals surface area contributed by atoms with Gasteiger partial charge < -0.3 is 15.8 Å². The van der Waals surface area contributed by atoms with Gasteiger partial charge in [0.2, 0.25) is 9.84 Å². The SMILES string of the molecule is NC(=O)Nc1ccc(Oc2ccc(S(=O)(=O)c3ccc(Cl)cc3)cc2)c(Cl)c1. The van der Waals surface area contributed by atoms with Crippen LogP contribution in [0.5, 0.6) is 11.5 Å². The van der Waals surface area contributed by atoms with Crippen LogP contribution in [0.4, 0.5) is 10.5 Å². The lowest BCUT2D eigenvalue weighted by Gasteiger charge is -2.10. The van der Waals surface area contributed by atoms with E-state index in [-0.39, 0.29) is 14.8 Å². The van der Waals surface area contributed by atoms with E-state index in [4.69, 9.17) is 33.7 Å². The van der Waals surface area contributed by atoms with E-state index in [2.05, 4.69) is 5.32 Å². The molecule has 0 atom stereocenters. The van der Waals surface area contributed by atoms with Gasteiger partial charge in [0.1, 0.15) is 11.5 Å². The van der Waals surface area contributed by atoms with Crippen molar-refractivity contribution in [2.75, 3.05) is 5.32 Å². The second kappa shape index (κ2) is 8.10. The van der Waals surface area contributed by atoms with E-state index in [0.717, 1.165) is 0 Å². The molecule has 28 heavy (non-hydrogen) atoms. The van der Waals surface area contributed by atoms with Crippen molar-refractivity contribution in [2.45, 2.75) is 9.79 Å². The number of primary amides is 1. The Balaban J connectivity index is 1.79. The Bertz CT molecular complexity index is 1120. The van der Waals surface area contributed by atoms with Crippen LogP contribution >= 0.6 is 23.2 Å². The van der Waals surface area contributed by atoms with Crippen molar-refractivity contribution in [1.29, 1.82) is 0 Å². The predicted molar refractivity (Wildman–Crippen MR) is 108 cm³/mol. The van der Waals surface area contributed by atoms with Gasteiger partial charge in [-0.3, -0.25) is 0 Å². The number of rotatable bonds is 5. The monoisotopic (exact) mass is 436 g/mol. The summed E-state index contributed by atoms with van der Waals surface area (Å²) in [6.45, 7) is 0. The molecule has 3 rings (SSSR count). The van der Waals surface area contributed by atoms with E-state index in [0.29, 0.717) is 22.2 Å². The molecule has 2 amide bonds. The van der Waals surface area contributed by atoms with E-state index in [1.54, 1.807) is 12.1 Å². The highest BCUT2D eigenvalue weighted by atomic mass is 35.5. The Morgan fingerprint density at radius 1 is 0.893 bits per heavy atom. The van der Waals surface area contributed by atoms with Crippen LogP contribution in [0.15, 0.2) is 76.5 Å². The number of carbonyl (C=O) groups excluding carboxylic acids is 1. The number of hydrogen-bond donors (Lipinski definition) is 2. The standard InChI is InChI=1S/C19H14Cl2N2O4S/c20-12-1-6-15(7-2-12)28(25,26)16-8-4-14(5-9-16)27-18-10-3-13(11-17(18)21)23-19(22)24/h1-11H,(H3,22,23,24). The summed E-state index contributed by atoms with van der Waals surface area (Å²) in [5.41, 5.74) is 5.48. The highest BCUT2D eigenvalue weighted by Crippen LogP contribution is 2.32. The molecule has 0 bridgehead atoms. The Hall–Kier alpha value is -2.74. The van der Waals surface area contributed by atoms with E-state index in [1.807, 2.05) is 0 Å². The van der Waals surface area contributed by atoms with Crippen LogP contribution in [0.2, 0.25) is 10.0 Å². The lowest BCUT2D eigenvalue weighted by atomic mass is 10.3. The average molecular weight is 437 g/mol. The first-order valence-corrected chi connectivity index (χ1v) is 10.1. The van der Waals surface area contributed by atoms with Gasteiger partial charge in [0.25, 0.3) is 0 Å². The summed E-state index contributed by atoms with van der Waals surface area (Å²) in [5.74, 6) is 0.734. The number of urea groups is 1. The summed E-state index contributed by atoms with van der Waals surface area (Å²) in [4.78, 5) is 11.1. The van der Waals surface area contributed by atoms with Gasteiger partial charge in [-0.05, 0) is 66.7 Å². The highest BCUT2D eigenvalue weighted by molar-refractivity contribution is 7.91. The molecule has 144 valence electrons. The van der Waals surface area contributed by atoms with Crippen molar-refractivity contribution in [3.63, 3.8) is 0 Å². The zero-order valence-corrected chi connectivity index (χ0v) is 16.6. The van der Waals surface area contributed by atoms with Crippen molar-refractivity contribution in [1.82, 2.24) is 0 Å². The first kappa shape index (κ1) is 20.0. The number of sulfone groups is 1. The van der Waals surface area contributed by atoms with Gasteiger partial charge >= 0.3 is 6.03 Å². The quantitative estimate of drug-likeness (QED) is 0.580. The molecule has 3 aromatic rings. The topological polar surface area (TPSA) is 98.5 Å². The number of nitrogens with two attached hydrogens (primary N) is 1. The van der Waals surface area contributed by atoms with Gasteiger partial charge in [-0.25, -0.2) is 13.2 Å². The van der Waals surface area contributed by atoms with Gasteiger partial charge in [-0.15, -0.1) is 0 Å². The summed E-state index contributed by atoms with van der Waals surface area (Å²) in [6.07, 6.45) is 0. The number of halogens is 2. The lowest BCUT2D eigenvalue weighted by molar-refractivity contribution is 0.259. The fraction of sp³-hybridized carbons (Fsp3) is 0. The number of amides is 2. The van der Waals surface area contributed by atoms with Crippen LogP contribution in [0.1, 0.15) is 0 Å². The molecule has 0 aliphatic rings. The lowest BCUT2D eigenvalue weighted by Crippen LogP contribution is -2.19. The van der Waals surface area contributed by atoms with Crippen molar-refractivity contribution in [2.24, 2.45) is 5.73 Å². The Labute approximate surface area is 171 Å². The van der Waals surface area contributed by atoms with Gasteiger partial charge in [-0.2, -0.15) is 0 Å². The summed E-state index contributed by atoms with van der Waals surface area (Å²) in [7, 11) is -3.66. The largest absolute Gasteiger partial charge is 0.456 e. The molecule has 0 saturated heterocycles. The number of hydrogen-bond acceptors (Lipinski definition) is 4. The minimum atomic E-state index is -3.66. The molecule has 0 heterocycles. The first-order chi connectivity index (χ1) is 13.3. The molecular weight excluding hydrogens is 423 g/mol. The molecule has 0 aliphatic carbocycles. The third-order valence-corrected chi connectivity index (χ3v) is 6.02. The fourth-order valence-corrected chi connectivity index (χ4v) is 3.97. The summed E-state index contributed by atoms with van der Waals surface area (Å²) in [6, 6.07) is 15.8. The summed E-state index contributed by atoms with van der Waals surface area (Å²) in [5, 5.41) is 3.11. The van der Waals surface area contributed by atoms with Crippen LogP contribution in [0, 0.1) is 0 Å². The minimum absolute atomic E-state index is 0.120. The zero-order chi connectivity index (χ0) is 20.3. The van der Waals surface area contributed by atoms with Crippen LogP contribution in [0.25, 0.3) is 0 Å². The van der Waals surface area contributed by atoms with Crippen molar-refractivity contribution in [3.05, 3.63) is 76.8 Å². The van der Waals surface area contributed by atoms with Gasteiger partial charge in [0.05, 0.1) is 14.8 Å². The molecule has 9 heteroatoms.